The first kappa shape index (κ1) is 21.6. The SMILES string of the molecule is CCCC(N)C(=O)N1CCN(Cc2nc(-c3ccc(Cl)cc3)no2)CC1.Cl. The van der Waals surface area contributed by atoms with Crippen LogP contribution in [0, 0.1) is 0 Å². The van der Waals surface area contributed by atoms with E-state index in [2.05, 4.69) is 15.0 Å². The Bertz CT molecular complexity index is 730. The molecule has 1 fully saturated rings. The minimum atomic E-state index is -0.385. The molecule has 2 heterocycles. The third kappa shape index (κ3) is 5.65. The fourth-order valence-corrected chi connectivity index (χ4v) is 3.15. The number of piperazine rings is 1. The first-order chi connectivity index (χ1) is 12.6. The van der Waals surface area contributed by atoms with Crippen molar-refractivity contribution in [1.29, 1.82) is 0 Å². The highest BCUT2D eigenvalue weighted by Gasteiger charge is 2.25. The summed E-state index contributed by atoms with van der Waals surface area (Å²) in [4.78, 5) is 20.8. The molecule has 27 heavy (non-hydrogen) atoms. The molecule has 1 aliphatic heterocycles. The van der Waals surface area contributed by atoms with Crippen molar-refractivity contribution in [2.75, 3.05) is 26.2 Å². The number of nitrogens with two attached hydrogens (primary N) is 1. The van der Waals surface area contributed by atoms with E-state index in [4.69, 9.17) is 21.9 Å². The number of carbonyl (C=O) groups is 1. The maximum atomic E-state index is 12.3. The second-order valence-corrected chi connectivity index (χ2v) is 6.95. The average Bonchev–Trinajstić information content (AvgIpc) is 3.11. The van der Waals surface area contributed by atoms with Gasteiger partial charge in [0.2, 0.25) is 17.6 Å². The van der Waals surface area contributed by atoms with Crippen LogP contribution in [-0.2, 0) is 11.3 Å². The van der Waals surface area contributed by atoms with Crippen molar-refractivity contribution in [2.24, 2.45) is 5.73 Å². The van der Waals surface area contributed by atoms with Crippen molar-refractivity contribution in [3.05, 3.63) is 35.2 Å². The quantitative estimate of drug-likeness (QED) is 0.782. The number of nitrogens with zero attached hydrogens (tertiary/aromatic N) is 4. The summed E-state index contributed by atoms with van der Waals surface area (Å²) in [6.45, 7) is 5.49. The largest absolute Gasteiger partial charge is 0.339 e. The van der Waals surface area contributed by atoms with Gasteiger partial charge in [0, 0.05) is 36.8 Å². The van der Waals surface area contributed by atoms with Gasteiger partial charge in [-0.2, -0.15) is 4.98 Å². The van der Waals surface area contributed by atoms with Gasteiger partial charge in [0.05, 0.1) is 12.6 Å². The molecule has 2 aromatic rings. The molecule has 1 saturated heterocycles. The van der Waals surface area contributed by atoms with Crippen molar-refractivity contribution in [3.63, 3.8) is 0 Å². The third-order valence-corrected chi connectivity index (χ3v) is 4.78. The summed E-state index contributed by atoms with van der Waals surface area (Å²) in [5.74, 6) is 1.17. The van der Waals surface area contributed by atoms with Crippen molar-refractivity contribution < 1.29 is 9.32 Å². The van der Waals surface area contributed by atoms with Crippen LogP contribution in [0.1, 0.15) is 25.7 Å². The van der Waals surface area contributed by atoms with Gasteiger partial charge in [-0.25, -0.2) is 0 Å². The zero-order chi connectivity index (χ0) is 18.5. The maximum absolute atomic E-state index is 12.3. The molecule has 9 heteroatoms. The fourth-order valence-electron chi connectivity index (χ4n) is 3.02. The van der Waals surface area contributed by atoms with Gasteiger partial charge in [0.1, 0.15) is 0 Å². The standard InChI is InChI=1S/C18H24ClN5O2.ClH/c1-2-3-15(20)18(25)24-10-8-23(9-11-24)12-16-21-17(22-26-16)13-4-6-14(19)7-5-13;/h4-7,15H,2-3,8-12,20H2,1H3;1H. The van der Waals surface area contributed by atoms with Crippen LogP contribution in [0.15, 0.2) is 28.8 Å². The number of carbonyl (C=O) groups excluding carboxylic acids is 1. The molecule has 2 N–H and O–H groups in total. The Kier molecular flexibility index (Phi) is 8.04. The molecule has 0 bridgehead atoms. The first-order valence-corrected chi connectivity index (χ1v) is 9.30. The summed E-state index contributed by atoms with van der Waals surface area (Å²) in [7, 11) is 0. The Balaban J connectivity index is 0.00000261. The van der Waals surface area contributed by atoms with Crippen LogP contribution in [0.3, 0.4) is 0 Å². The van der Waals surface area contributed by atoms with E-state index in [-0.39, 0.29) is 24.4 Å². The lowest BCUT2D eigenvalue weighted by molar-refractivity contribution is -0.134. The molecular formula is C18H25Cl2N5O2. The zero-order valence-electron chi connectivity index (χ0n) is 15.3. The summed E-state index contributed by atoms with van der Waals surface area (Å²) in [6.07, 6.45) is 1.65. The number of rotatable bonds is 6. The van der Waals surface area contributed by atoms with Crippen molar-refractivity contribution >= 4 is 29.9 Å². The van der Waals surface area contributed by atoms with Crippen LogP contribution in [0.25, 0.3) is 11.4 Å². The minimum Gasteiger partial charge on any atom is -0.339 e. The van der Waals surface area contributed by atoms with Crippen LogP contribution in [0.2, 0.25) is 5.02 Å². The zero-order valence-corrected chi connectivity index (χ0v) is 16.9. The lowest BCUT2D eigenvalue weighted by atomic mass is 10.1. The van der Waals surface area contributed by atoms with Crippen LogP contribution in [-0.4, -0.2) is 58.1 Å². The molecule has 1 aromatic heterocycles. The topological polar surface area (TPSA) is 88.5 Å². The van der Waals surface area contributed by atoms with E-state index < -0.39 is 0 Å². The Hall–Kier alpha value is -1.67. The molecule has 3 rings (SSSR count). The van der Waals surface area contributed by atoms with Gasteiger partial charge < -0.3 is 15.2 Å². The summed E-state index contributed by atoms with van der Waals surface area (Å²) in [5.41, 5.74) is 6.80. The van der Waals surface area contributed by atoms with Gasteiger partial charge >= 0.3 is 0 Å². The molecule has 0 radical (unpaired) electrons. The molecule has 148 valence electrons. The van der Waals surface area contributed by atoms with Crippen molar-refractivity contribution in [3.8, 4) is 11.4 Å². The second-order valence-electron chi connectivity index (χ2n) is 6.52. The number of aromatic nitrogens is 2. The summed E-state index contributed by atoms with van der Waals surface area (Å²) >= 11 is 5.90. The van der Waals surface area contributed by atoms with Gasteiger partial charge in [-0.3, -0.25) is 9.69 Å². The molecule has 0 saturated carbocycles. The molecular weight excluding hydrogens is 389 g/mol. The maximum Gasteiger partial charge on any atom is 0.241 e. The van der Waals surface area contributed by atoms with Crippen LogP contribution in [0.5, 0.6) is 0 Å². The van der Waals surface area contributed by atoms with Gasteiger partial charge in [-0.15, -0.1) is 12.4 Å². The predicted molar refractivity (Wildman–Crippen MR) is 107 cm³/mol. The number of amides is 1. The Morgan fingerprint density at radius 3 is 2.56 bits per heavy atom. The fraction of sp³-hybridized carbons (Fsp3) is 0.500. The second kappa shape index (κ2) is 10.0. The van der Waals surface area contributed by atoms with Gasteiger partial charge in [0.15, 0.2) is 0 Å². The van der Waals surface area contributed by atoms with Crippen molar-refractivity contribution in [1.82, 2.24) is 19.9 Å². The molecule has 0 spiro atoms. The van der Waals surface area contributed by atoms with Crippen LogP contribution in [0.4, 0.5) is 0 Å². The smallest absolute Gasteiger partial charge is 0.241 e. The van der Waals surface area contributed by atoms with Gasteiger partial charge in [0.25, 0.3) is 0 Å². The van der Waals surface area contributed by atoms with Gasteiger partial charge in [-0.05, 0) is 30.7 Å². The van der Waals surface area contributed by atoms with E-state index in [9.17, 15) is 4.79 Å². The lowest BCUT2D eigenvalue weighted by Crippen LogP contribution is -2.52. The van der Waals surface area contributed by atoms with Crippen LogP contribution >= 0.6 is 24.0 Å². The molecule has 7 nitrogen and oxygen atoms in total. The molecule has 1 atom stereocenters. The Labute approximate surface area is 170 Å². The molecule has 1 amide bonds. The average molecular weight is 414 g/mol. The highest BCUT2D eigenvalue weighted by molar-refractivity contribution is 6.30. The van der Waals surface area contributed by atoms with E-state index in [0.29, 0.717) is 36.4 Å². The molecule has 0 aliphatic carbocycles. The highest BCUT2D eigenvalue weighted by atomic mass is 35.5. The van der Waals surface area contributed by atoms with E-state index in [0.717, 1.165) is 31.5 Å². The van der Waals surface area contributed by atoms with Gasteiger partial charge in [-0.1, -0.05) is 30.1 Å². The predicted octanol–water partition coefficient (Wildman–Crippen LogP) is 2.58. The summed E-state index contributed by atoms with van der Waals surface area (Å²) in [6, 6.07) is 6.94. The Morgan fingerprint density at radius 2 is 1.93 bits per heavy atom. The summed E-state index contributed by atoms with van der Waals surface area (Å²) < 4.78 is 5.36. The number of benzene rings is 1. The third-order valence-electron chi connectivity index (χ3n) is 4.53. The number of halogens is 2. The van der Waals surface area contributed by atoms with E-state index in [1.165, 1.54) is 0 Å². The molecule has 1 aliphatic rings. The van der Waals surface area contributed by atoms with E-state index in [1.807, 2.05) is 24.0 Å². The minimum absolute atomic E-state index is 0. The molecule has 1 aromatic carbocycles. The van der Waals surface area contributed by atoms with Crippen LogP contribution < -0.4 is 5.73 Å². The normalized spacial score (nSPS) is 16.0. The van der Waals surface area contributed by atoms with E-state index in [1.54, 1.807) is 12.1 Å². The number of hydrogen-bond donors (Lipinski definition) is 1. The highest BCUT2D eigenvalue weighted by Crippen LogP contribution is 2.19. The van der Waals surface area contributed by atoms with Crippen molar-refractivity contribution in [2.45, 2.75) is 32.4 Å². The molecule has 1 unspecified atom stereocenters. The lowest BCUT2D eigenvalue weighted by Gasteiger charge is -2.35. The summed E-state index contributed by atoms with van der Waals surface area (Å²) in [5, 5.41) is 4.70. The monoisotopic (exact) mass is 413 g/mol. The Morgan fingerprint density at radius 1 is 1.26 bits per heavy atom. The number of hydrogen-bond acceptors (Lipinski definition) is 6. The first-order valence-electron chi connectivity index (χ1n) is 8.92. The van der Waals surface area contributed by atoms with E-state index >= 15 is 0 Å².